The first-order valence-corrected chi connectivity index (χ1v) is 26.2. The van der Waals surface area contributed by atoms with Crippen molar-refractivity contribution < 1.29 is 29.4 Å². The van der Waals surface area contributed by atoms with E-state index in [0.717, 1.165) is 58.2 Å². The highest BCUT2D eigenvalue weighted by atomic mass is 35.5. The van der Waals surface area contributed by atoms with Crippen LogP contribution in [-0.4, -0.2) is 129 Å². The highest BCUT2D eigenvalue weighted by Crippen LogP contribution is 2.42. The number of nitrogens with zero attached hydrogens (tertiary/aromatic N) is 8. The van der Waals surface area contributed by atoms with Gasteiger partial charge in [-0.15, -0.1) is 0 Å². The summed E-state index contributed by atoms with van der Waals surface area (Å²) in [7, 11) is 1.76. The van der Waals surface area contributed by atoms with Crippen LogP contribution in [0.4, 0.5) is 0 Å². The molecule has 6 N–H and O–H groups in total. The Bertz CT molecular complexity index is 3270. The fraction of sp³-hybridized carbons (Fsp3) is 0.407. The lowest BCUT2D eigenvalue weighted by molar-refractivity contribution is -0.136. The number of rotatable bonds is 20. The van der Waals surface area contributed by atoms with Crippen molar-refractivity contribution in [2.75, 3.05) is 45.9 Å². The van der Waals surface area contributed by atoms with Crippen molar-refractivity contribution in [2.45, 2.75) is 89.6 Å². The minimum absolute atomic E-state index is 0.0148. The average molecular weight is 1060 g/mol. The molecule has 0 unspecified atom stereocenters. The number of amides is 4. The Morgan fingerprint density at radius 1 is 0.880 bits per heavy atom. The number of aliphatic hydroxyl groups excluding tert-OH is 1. The molecule has 1 fully saturated rings. The minimum Gasteiger partial charge on any atom is -0.388 e. The Hall–Kier alpha value is -6.90. The van der Waals surface area contributed by atoms with Gasteiger partial charge in [-0.25, -0.2) is 4.98 Å². The maximum atomic E-state index is 13.7. The summed E-state index contributed by atoms with van der Waals surface area (Å²) in [6.07, 6.45) is 7.15. The molecule has 75 heavy (non-hydrogen) atoms. The second-order valence-corrected chi connectivity index (χ2v) is 20.5. The second kappa shape index (κ2) is 23.3. The maximum Gasteiger partial charge on any atom is 0.281 e. The molecule has 4 aromatic heterocycles. The zero-order valence-corrected chi connectivity index (χ0v) is 43.6. The number of fused-ring (bicyclic) bond motifs is 4. The van der Waals surface area contributed by atoms with Gasteiger partial charge in [-0.1, -0.05) is 84.7 Å². The van der Waals surface area contributed by atoms with Crippen LogP contribution in [0.25, 0.3) is 44.5 Å². The SMILES string of the molecule is C[C@H](CC(=O)N1CCC(O)(Cn2cnc3c(-c4ccc(CNCC(=O)NCCCCCNC(=O)Cn5ccc(-c6cc(Cl)c(Cl)c7[nH]c8c(c67)CN(C(=O)CO)CC8)n5)cc4)n(C)nc3c2=O)CC1)c1ccccc1. The molecular weight excluding hydrogens is 1000 g/mol. The van der Waals surface area contributed by atoms with E-state index in [4.69, 9.17) is 23.2 Å². The lowest BCUT2D eigenvalue weighted by Crippen LogP contribution is -2.49. The lowest BCUT2D eigenvalue weighted by Gasteiger charge is -2.38. The number of aromatic nitrogens is 7. The van der Waals surface area contributed by atoms with Crippen LogP contribution >= 0.6 is 23.2 Å². The maximum absolute atomic E-state index is 13.7. The van der Waals surface area contributed by atoms with Crippen LogP contribution in [0.1, 0.15) is 73.8 Å². The van der Waals surface area contributed by atoms with Crippen LogP contribution in [0.5, 0.6) is 0 Å². The number of likely N-dealkylation sites (tertiary alicyclic amines) is 1. The highest BCUT2D eigenvalue weighted by Gasteiger charge is 2.35. The van der Waals surface area contributed by atoms with Crippen molar-refractivity contribution in [1.29, 1.82) is 0 Å². The summed E-state index contributed by atoms with van der Waals surface area (Å²) >= 11 is 13.2. The number of benzene rings is 3. The molecule has 2 aliphatic heterocycles. The highest BCUT2D eigenvalue weighted by molar-refractivity contribution is 6.45. The fourth-order valence-electron chi connectivity index (χ4n) is 10.2. The van der Waals surface area contributed by atoms with E-state index in [1.54, 1.807) is 44.5 Å². The van der Waals surface area contributed by atoms with Crippen LogP contribution in [0, 0.1) is 0 Å². The normalized spacial score (nSPS) is 14.8. The van der Waals surface area contributed by atoms with Gasteiger partial charge in [-0.05, 0) is 61.3 Å². The molecule has 4 amide bonds. The van der Waals surface area contributed by atoms with E-state index in [1.165, 1.54) is 10.9 Å². The number of carbonyl (C=O) groups excluding carboxylic acids is 4. The standard InChI is InChI=1S/C54H62Cl2N12O7/c1-34(36-9-5-3-6-10-36)25-45(72)65-23-17-54(75,18-24-65)32-67-33-60-50-51(53(67)74)63-64(2)52(50)37-13-11-35(12-14-37)27-57-28-43(70)58-19-7-4-8-20-59-44(71)30-68-22-16-42(62-68)38-26-40(55)48(56)49-47(38)39-29-66(46(73)31-69)21-15-41(39)61-49/h3,5-6,9-14,16,22,26,33-34,57,61,69,75H,4,7-8,15,17-21,23-25,27-32H2,1-2H3,(H,58,70)(H,59,71)/t34-/m1/s1. The molecule has 6 heterocycles. The first-order valence-electron chi connectivity index (χ1n) is 25.4. The topological polar surface area (TPSA) is 238 Å². The summed E-state index contributed by atoms with van der Waals surface area (Å²) in [6.45, 7) is 4.74. The molecular formula is C54H62Cl2N12O7. The van der Waals surface area contributed by atoms with Gasteiger partial charge in [0.15, 0.2) is 5.52 Å². The molecule has 9 rings (SSSR count). The zero-order valence-electron chi connectivity index (χ0n) is 42.1. The molecule has 0 aliphatic carbocycles. The Kier molecular flexibility index (Phi) is 16.5. The molecule has 0 saturated carbocycles. The van der Waals surface area contributed by atoms with Crippen molar-refractivity contribution in [3.05, 3.63) is 122 Å². The van der Waals surface area contributed by atoms with Gasteiger partial charge < -0.3 is 40.9 Å². The van der Waals surface area contributed by atoms with E-state index in [9.17, 15) is 34.2 Å². The molecule has 7 aromatic rings. The molecule has 0 radical (unpaired) electrons. The number of H-pyrrole nitrogens is 1. The van der Waals surface area contributed by atoms with E-state index in [2.05, 4.69) is 36.1 Å². The predicted octanol–water partition coefficient (Wildman–Crippen LogP) is 5.07. The van der Waals surface area contributed by atoms with Gasteiger partial charge in [-0.3, -0.25) is 37.9 Å². The van der Waals surface area contributed by atoms with Crippen LogP contribution in [0.15, 0.2) is 84.0 Å². The van der Waals surface area contributed by atoms with E-state index in [0.29, 0.717) is 104 Å². The first kappa shape index (κ1) is 52.9. The van der Waals surface area contributed by atoms with E-state index >= 15 is 0 Å². The van der Waals surface area contributed by atoms with Gasteiger partial charge in [0.25, 0.3) is 5.56 Å². The van der Waals surface area contributed by atoms with E-state index in [1.807, 2.05) is 61.5 Å². The van der Waals surface area contributed by atoms with Gasteiger partial charge in [0, 0.05) is 99.7 Å². The number of piperidine rings is 1. The van der Waals surface area contributed by atoms with Crippen LogP contribution in [0.3, 0.4) is 0 Å². The fourth-order valence-corrected chi connectivity index (χ4v) is 10.6. The summed E-state index contributed by atoms with van der Waals surface area (Å²) in [5.74, 6) is -0.513. The van der Waals surface area contributed by atoms with Crippen LogP contribution in [-0.2, 0) is 58.8 Å². The van der Waals surface area contributed by atoms with Crippen molar-refractivity contribution >= 4 is 68.8 Å². The summed E-state index contributed by atoms with van der Waals surface area (Å²) in [4.78, 5) is 76.0. The average Bonchev–Trinajstić information content (AvgIpc) is 4.15. The Balaban J connectivity index is 0.671. The van der Waals surface area contributed by atoms with Crippen molar-refractivity contribution in [1.82, 2.24) is 59.8 Å². The predicted molar refractivity (Wildman–Crippen MR) is 286 cm³/mol. The van der Waals surface area contributed by atoms with Crippen molar-refractivity contribution in [3.63, 3.8) is 0 Å². The zero-order chi connectivity index (χ0) is 52.8. The van der Waals surface area contributed by atoms with Gasteiger partial charge in [0.05, 0.1) is 52.0 Å². The van der Waals surface area contributed by atoms with E-state index < -0.39 is 12.2 Å². The molecule has 19 nitrogen and oxygen atoms in total. The molecule has 1 saturated heterocycles. The van der Waals surface area contributed by atoms with Gasteiger partial charge in [-0.2, -0.15) is 10.2 Å². The summed E-state index contributed by atoms with van der Waals surface area (Å²) in [5, 5.41) is 40.8. The van der Waals surface area contributed by atoms with Crippen molar-refractivity contribution in [3.8, 4) is 22.5 Å². The third-order valence-corrected chi connectivity index (χ3v) is 15.2. The quantitative estimate of drug-likeness (QED) is 0.0552. The molecule has 21 heteroatoms. The van der Waals surface area contributed by atoms with Gasteiger partial charge in [0.1, 0.15) is 18.7 Å². The Morgan fingerprint density at radius 2 is 1.61 bits per heavy atom. The summed E-state index contributed by atoms with van der Waals surface area (Å²) < 4.78 is 4.61. The number of aromatic amines is 1. The Labute approximate surface area is 443 Å². The van der Waals surface area contributed by atoms with Crippen LogP contribution < -0.4 is 21.5 Å². The number of carbonyl (C=O) groups is 4. The molecule has 1 atom stereocenters. The molecule has 3 aromatic carbocycles. The number of hydrogen-bond donors (Lipinski definition) is 6. The number of nitrogens with one attached hydrogen (secondary N) is 4. The number of aryl methyl sites for hydroxylation is 1. The first-order chi connectivity index (χ1) is 36.2. The smallest absolute Gasteiger partial charge is 0.281 e. The number of hydrogen-bond acceptors (Lipinski definition) is 11. The van der Waals surface area contributed by atoms with Crippen LogP contribution in [0.2, 0.25) is 10.0 Å². The molecule has 0 bridgehead atoms. The monoisotopic (exact) mass is 1060 g/mol. The molecule has 0 spiro atoms. The number of unbranched alkanes of at least 4 members (excludes halogenated alkanes) is 2. The number of halogens is 2. The minimum atomic E-state index is -1.17. The summed E-state index contributed by atoms with van der Waals surface area (Å²) in [6, 6.07) is 21.3. The number of aliphatic hydroxyl groups is 2. The van der Waals surface area contributed by atoms with Gasteiger partial charge >= 0.3 is 0 Å². The third-order valence-electron chi connectivity index (χ3n) is 14.4. The largest absolute Gasteiger partial charge is 0.388 e. The third kappa shape index (κ3) is 12.1. The van der Waals surface area contributed by atoms with Crippen molar-refractivity contribution in [2.24, 2.45) is 7.05 Å². The molecule has 394 valence electrons. The Morgan fingerprint density at radius 3 is 2.35 bits per heavy atom. The van der Waals surface area contributed by atoms with Gasteiger partial charge in [0.2, 0.25) is 23.6 Å². The molecule has 2 aliphatic rings. The lowest BCUT2D eigenvalue weighted by atomic mass is 9.90. The van der Waals surface area contributed by atoms with E-state index in [-0.39, 0.29) is 60.3 Å². The summed E-state index contributed by atoms with van der Waals surface area (Å²) in [5.41, 5.74) is 6.55. The second-order valence-electron chi connectivity index (χ2n) is 19.7.